The molecule has 116 valence electrons. The number of rotatable bonds is 9. The molecule has 0 unspecified atom stereocenters. The number of ether oxygens (including phenoxy) is 1. The minimum absolute atomic E-state index is 0.760. The molecule has 3 rings (SSSR count). The van der Waals surface area contributed by atoms with E-state index in [1.165, 1.54) is 48.0 Å². The van der Waals surface area contributed by atoms with E-state index in [4.69, 9.17) is 4.74 Å². The van der Waals surface area contributed by atoms with Gasteiger partial charge in [0.05, 0.1) is 12.3 Å². The molecule has 0 bridgehead atoms. The Hall–Kier alpha value is -0.580. The van der Waals surface area contributed by atoms with E-state index in [2.05, 4.69) is 44.3 Å². The van der Waals surface area contributed by atoms with Gasteiger partial charge in [-0.05, 0) is 65.2 Å². The molecule has 3 nitrogen and oxygen atoms in total. The van der Waals surface area contributed by atoms with Crippen LogP contribution in [0.2, 0.25) is 0 Å². The monoisotopic (exact) mass is 352 g/mol. The molecular weight excluding hydrogens is 328 g/mol. The van der Waals surface area contributed by atoms with Gasteiger partial charge in [-0.3, -0.25) is 0 Å². The van der Waals surface area contributed by atoms with Crippen molar-refractivity contribution in [3.63, 3.8) is 0 Å². The molecule has 1 aromatic rings. The van der Waals surface area contributed by atoms with Gasteiger partial charge < -0.3 is 15.0 Å². The zero-order chi connectivity index (χ0) is 14.7. The summed E-state index contributed by atoms with van der Waals surface area (Å²) in [5.74, 6) is 0.938. The highest BCUT2D eigenvalue weighted by Crippen LogP contribution is 2.40. The first kappa shape index (κ1) is 15.3. The molecule has 2 saturated carbocycles. The topological polar surface area (TPSA) is 24.5 Å². The highest BCUT2D eigenvalue weighted by atomic mass is 79.9. The molecule has 0 radical (unpaired) electrons. The molecule has 21 heavy (non-hydrogen) atoms. The number of nitrogens with one attached hydrogen (secondary N) is 1. The van der Waals surface area contributed by atoms with Gasteiger partial charge in [-0.2, -0.15) is 0 Å². The Bertz CT molecular complexity index is 472. The summed E-state index contributed by atoms with van der Waals surface area (Å²) in [6.45, 7) is 3.80. The molecular formula is C17H25BrN2O. The lowest BCUT2D eigenvalue weighted by Crippen LogP contribution is -2.28. The van der Waals surface area contributed by atoms with E-state index in [1.54, 1.807) is 7.11 Å². The highest BCUT2D eigenvalue weighted by molar-refractivity contribution is 9.10. The minimum atomic E-state index is 0.760. The number of hydrogen-bond donors (Lipinski definition) is 1. The first-order chi connectivity index (χ1) is 10.3. The second-order valence-electron chi connectivity index (χ2n) is 6.28. The van der Waals surface area contributed by atoms with Crippen LogP contribution in [0.25, 0.3) is 0 Å². The first-order valence-corrected chi connectivity index (χ1v) is 8.82. The molecule has 0 spiro atoms. The Balaban J connectivity index is 1.62. The lowest BCUT2D eigenvalue weighted by Gasteiger charge is -2.26. The average Bonchev–Trinajstić information content (AvgIpc) is 3.36. The van der Waals surface area contributed by atoms with Crippen molar-refractivity contribution < 1.29 is 4.74 Å². The summed E-state index contributed by atoms with van der Waals surface area (Å²) < 4.78 is 6.29. The van der Waals surface area contributed by atoms with Crippen LogP contribution in [0, 0.1) is 5.92 Å². The third kappa shape index (κ3) is 4.44. The number of benzene rings is 1. The average molecular weight is 353 g/mol. The van der Waals surface area contributed by atoms with Crippen molar-refractivity contribution in [1.82, 2.24) is 5.32 Å². The van der Waals surface area contributed by atoms with Crippen LogP contribution < -0.4 is 10.2 Å². The number of hydrogen-bond acceptors (Lipinski definition) is 3. The summed E-state index contributed by atoms with van der Waals surface area (Å²) in [6, 6.07) is 7.59. The van der Waals surface area contributed by atoms with Crippen LogP contribution in [-0.4, -0.2) is 32.8 Å². The number of anilines is 1. The van der Waals surface area contributed by atoms with Gasteiger partial charge in [0.1, 0.15) is 0 Å². The summed E-state index contributed by atoms with van der Waals surface area (Å²) in [7, 11) is 1.74. The fourth-order valence-corrected chi connectivity index (χ4v) is 3.36. The summed E-state index contributed by atoms with van der Waals surface area (Å²) in [5.41, 5.74) is 2.70. The van der Waals surface area contributed by atoms with Gasteiger partial charge in [0, 0.05) is 37.3 Å². The molecule has 0 aliphatic heterocycles. The molecule has 0 aromatic heterocycles. The Morgan fingerprint density at radius 1 is 1.29 bits per heavy atom. The fourth-order valence-electron chi connectivity index (χ4n) is 2.71. The largest absolute Gasteiger partial charge is 0.383 e. The Labute approximate surface area is 136 Å². The Kier molecular flexibility index (Phi) is 5.19. The van der Waals surface area contributed by atoms with Gasteiger partial charge in [-0.25, -0.2) is 0 Å². The molecule has 2 aliphatic rings. The Morgan fingerprint density at radius 2 is 2.10 bits per heavy atom. The smallest absolute Gasteiger partial charge is 0.0587 e. The zero-order valence-corrected chi connectivity index (χ0v) is 14.4. The van der Waals surface area contributed by atoms with E-state index < -0.39 is 0 Å². The van der Waals surface area contributed by atoms with Crippen LogP contribution in [0.5, 0.6) is 0 Å². The van der Waals surface area contributed by atoms with E-state index in [-0.39, 0.29) is 0 Å². The van der Waals surface area contributed by atoms with E-state index in [0.717, 1.165) is 31.7 Å². The van der Waals surface area contributed by atoms with Crippen LogP contribution in [0.3, 0.4) is 0 Å². The standard InChI is InChI=1S/C17H25BrN2O/c1-21-9-8-19-11-14-4-7-17(16(18)10-14)20(15-5-6-15)12-13-2-3-13/h4,7,10,13,15,19H,2-3,5-6,8-9,11-12H2,1H3. The van der Waals surface area contributed by atoms with E-state index in [9.17, 15) is 0 Å². The van der Waals surface area contributed by atoms with Crippen LogP contribution >= 0.6 is 15.9 Å². The van der Waals surface area contributed by atoms with Crippen LogP contribution in [0.4, 0.5) is 5.69 Å². The maximum atomic E-state index is 5.05. The number of halogens is 1. The predicted octanol–water partition coefficient (Wildman–Crippen LogP) is 3.56. The maximum Gasteiger partial charge on any atom is 0.0587 e. The molecule has 2 fully saturated rings. The van der Waals surface area contributed by atoms with Crippen molar-refractivity contribution in [2.45, 2.75) is 38.3 Å². The third-order valence-electron chi connectivity index (χ3n) is 4.27. The lowest BCUT2D eigenvalue weighted by atomic mass is 10.2. The molecule has 1 aromatic carbocycles. The zero-order valence-electron chi connectivity index (χ0n) is 12.8. The molecule has 1 N–H and O–H groups in total. The van der Waals surface area contributed by atoms with Gasteiger partial charge in [0.25, 0.3) is 0 Å². The van der Waals surface area contributed by atoms with Crippen LogP contribution in [0.1, 0.15) is 31.2 Å². The lowest BCUT2D eigenvalue weighted by molar-refractivity contribution is 0.199. The van der Waals surface area contributed by atoms with Gasteiger partial charge in [-0.15, -0.1) is 0 Å². The van der Waals surface area contributed by atoms with Gasteiger partial charge in [-0.1, -0.05) is 6.07 Å². The summed E-state index contributed by atoms with van der Waals surface area (Å²) >= 11 is 3.78. The first-order valence-electron chi connectivity index (χ1n) is 8.02. The van der Waals surface area contributed by atoms with Crippen LogP contribution in [-0.2, 0) is 11.3 Å². The van der Waals surface area contributed by atoms with Crippen molar-refractivity contribution in [3.05, 3.63) is 28.2 Å². The Morgan fingerprint density at radius 3 is 2.71 bits per heavy atom. The van der Waals surface area contributed by atoms with E-state index in [0.29, 0.717) is 0 Å². The van der Waals surface area contributed by atoms with E-state index in [1.807, 2.05) is 0 Å². The van der Waals surface area contributed by atoms with Gasteiger partial charge in [0.15, 0.2) is 0 Å². The van der Waals surface area contributed by atoms with Crippen LogP contribution in [0.15, 0.2) is 22.7 Å². The van der Waals surface area contributed by atoms with Gasteiger partial charge >= 0.3 is 0 Å². The maximum absolute atomic E-state index is 5.05. The summed E-state index contributed by atoms with van der Waals surface area (Å²) in [5, 5.41) is 3.40. The highest BCUT2D eigenvalue weighted by Gasteiger charge is 2.34. The van der Waals surface area contributed by atoms with Crippen molar-refractivity contribution in [2.75, 3.05) is 31.7 Å². The molecule has 0 heterocycles. The minimum Gasteiger partial charge on any atom is -0.383 e. The number of nitrogens with zero attached hydrogens (tertiary/aromatic N) is 1. The molecule has 2 aliphatic carbocycles. The number of methoxy groups -OCH3 is 1. The quantitative estimate of drug-likeness (QED) is 0.687. The van der Waals surface area contributed by atoms with Gasteiger partial charge in [0.2, 0.25) is 0 Å². The SMILES string of the molecule is COCCNCc1ccc(N(CC2CC2)C2CC2)c(Br)c1. The predicted molar refractivity (Wildman–Crippen MR) is 90.8 cm³/mol. The second kappa shape index (κ2) is 7.12. The van der Waals surface area contributed by atoms with E-state index >= 15 is 0 Å². The summed E-state index contributed by atoms with van der Waals surface area (Å²) in [6.07, 6.45) is 5.56. The second-order valence-corrected chi connectivity index (χ2v) is 7.14. The third-order valence-corrected chi connectivity index (χ3v) is 4.91. The molecule has 0 saturated heterocycles. The molecule has 0 atom stereocenters. The molecule has 4 heteroatoms. The normalized spacial score (nSPS) is 18.0. The fraction of sp³-hybridized carbons (Fsp3) is 0.647. The van der Waals surface area contributed by atoms with Crippen molar-refractivity contribution in [2.24, 2.45) is 5.92 Å². The molecule has 0 amide bonds. The summed E-state index contributed by atoms with van der Waals surface area (Å²) in [4.78, 5) is 2.63. The van der Waals surface area contributed by atoms with Crippen molar-refractivity contribution >= 4 is 21.6 Å². The van der Waals surface area contributed by atoms with Crippen molar-refractivity contribution in [3.8, 4) is 0 Å². The van der Waals surface area contributed by atoms with Crippen molar-refractivity contribution in [1.29, 1.82) is 0 Å².